The Balaban J connectivity index is 2.77. The van der Waals surface area contributed by atoms with Gasteiger partial charge >= 0.3 is 5.97 Å². The number of nitrogens with zero attached hydrogens (tertiary/aromatic N) is 1. The fraction of sp³-hybridized carbons (Fsp3) is 0.545. The van der Waals surface area contributed by atoms with Crippen LogP contribution < -0.4 is 27.8 Å². The van der Waals surface area contributed by atoms with Crippen LogP contribution in [-0.4, -0.2) is 64.7 Å². The summed E-state index contributed by atoms with van der Waals surface area (Å²) in [5.74, 6) is -2.75. The Kier molecular flexibility index (Phi) is 11.9. The van der Waals surface area contributed by atoms with Gasteiger partial charge in [-0.2, -0.15) is 0 Å². The molecule has 1 rings (SSSR count). The highest BCUT2D eigenvalue weighted by Crippen LogP contribution is 2.09. The average Bonchev–Trinajstić information content (AvgIpc) is 2.74. The first-order chi connectivity index (χ1) is 15.5. The van der Waals surface area contributed by atoms with E-state index in [9.17, 15) is 24.6 Å². The van der Waals surface area contributed by atoms with Gasteiger partial charge in [0.25, 0.3) is 5.91 Å². The van der Waals surface area contributed by atoms with Gasteiger partial charge in [-0.25, -0.2) is 4.79 Å². The van der Waals surface area contributed by atoms with Crippen LogP contribution in [0.2, 0.25) is 0 Å². The van der Waals surface area contributed by atoms with Crippen molar-refractivity contribution in [2.24, 2.45) is 28.1 Å². The highest BCUT2D eigenvalue weighted by molar-refractivity contribution is 5.91. The summed E-state index contributed by atoms with van der Waals surface area (Å²) < 4.78 is 0. The highest BCUT2D eigenvalue weighted by atomic mass is 16.4. The maximum atomic E-state index is 12.8. The Bertz CT molecular complexity index is 798. The lowest BCUT2D eigenvalue weighted by Crippen LogP contribution is -2.56. The summed E-state index contributed by atoms with van der Waals surface area (Å²) in [6.07, 6.45) is -0.581. The van der Waals surface area contributed by atoms with E-state index in [1.807, 2.05) is 44.2 Å². The number of benzene rings is 1. The summed E-state index contributed by atoms with van der Waals surface area (Å²) >= 11 is 0. The Morgan fingerprint density at radius 1 is 1.03 bits per heavy atom. The van der Waals surface area contributed by atoms with E-state index in [2.05, 4.69) is 15.6 Å². The van der Waals surface area contributed by atoms with Crippen LogP contribution in [-0.2, 0) is 20.8 Å². The van der Waals surface area contributed by atoms with E-state index < -0.39 is 42.0 Å². The first-order valence-corrected chi connectivity index (χ1v) is 10.9. The molecule has 0 heterocycles. The lowest BCUT2D eigenvalue weighted by atomic mass is 9.99. The minimum Gasteiger partial charge on any atom is -0.480 e. The number of carbonyl (C=O) groups excluding carboxylic acids is 2. The molecule has 0 aliphatic carbocycles. The fourth-order valence-corrected chi connectivity index (χ4v) is 3.19. The molecule has 10 N–H and O–H groups in total. The Labute approximate surface area is 193 Å². The van der Waals surface area contributed by atoms with Crippen LogP contribution >= 0.6 is 0 Å². The predicted octanol–water partition coefficient (Wildman–Crippen LogP) is -0.929. The van der Waals surface area contributed by atoms with Crippen molar-refractivity contribution in [3.05, 3.63) is 35.9 Å². The second kappa shape index (κ2) is 14.1. The van der Waals surface area contributed by atoms with Gasteiger partial charge in [-0.1, -0.05) is 44.2 Å². The van der Waals surface area contributed by atoms with Gasteiger partial charge in [-0.3, -0.25) is 14.6 Å². The third kappa shape index (κ3) is 10.8. The molecular weight excluding hydrogens is 428 g/mol. The van der Waals surface area contributed by atoms with Gasteiger partial charge in [0.2, 0.25) is 5.91 Å². The molecule has 0 unspecified atom stereocenters. The predicted molar refractivity (Wildman–Crippen MR) is 125 cm³/mol. The van der Waals surface area contributed by atoms with Crippen LogP contribution in [0.25, 0.3) is 0 Å². The number of carboxylic acids is 1. The summed E-state index contributed by atoms with van der Waals surface area (Å²) in [7, 11) is 0. The Hall–Kier alpha value is -3.18. The Morgan fingerprint density at radius 3 is 2.18 bits per heavy atom. The van der Waals surface area contributed by atoms with Gasteiger partial charge in [0.05, 0.1) is 0 Å². The van der Waals surface area contributed by atoms with Crippen LogP contribution in [0.1, 0.15) is 38.7 Å². The molecular formula is C22H36N6O5. The second-order valence-corrected chi connectivity index (χ2v) is 8.34. The minimum absolute atomic E-state index is 0.0151. The monoisotopic (exact) mass is 464 g/mol. The molecule has 11 nitrogen and oxygen atoms in total. The van der Waals surface area contributed by atoms with Crippen LogP contribution in [0.4, 0.5) is 0 Å². The number of nitrogens with two attached hydrogens (primary N) is 3. The number of amides is 2. The molecule has 0 bridgehead atoms. The lowest BCUT2D eigenvalue weighted by molar-refractivity contribution is -0.142. The summed E-state index contributed by atoms with van der Waals surface area (Å²) in [5.41, 5.74) is 17.3. The molecule has 184 valence electrons. The van der Waals surface area contributed by atoms with Gasteiger partial charge < -0.3 is 38.0 Å². The highest BCUT2D eigenvalue weighted by Gasteiger charge is 2.30. The van der Waals surface area contributed by atoms with Gasteiger partial charge in [0, 0.05) is 12.6 Å². The first-order valence-electron chi connectivity index (χ1n) is 10.9. The molecule has 0 fully saturated rings. The molecule has 33 heavy (non-hydrogen) atoms. The molecule has 1 aromatic carbocycles. The van der Waals surface area contributed by atoms with E-state index in [-0.39, 0.29) is 37.7 Å². The van der Waals surface area contributed by atoms with Crippen molar-refractivity contribution in [1.82, 2.24) is 10.6 Å². The number of aliphatic hydroxyl groups is 1. The van der Waals surface area contributed by atoms with E-state index in [0.29, 0.717) is 6.42 Å². The van der Waals surface area contributed by atoms with Crippen molar-refractivity contribution in [3.8, 4) is 0 Å². The molecule has 0 saturated heterocycles. The van der Waals surface area contributed by atoms with Gasteiger partial charge in [0.15, 0.2) is 5.96 Å². The second-order valence-electron chi connectivity index (χ2n) is 8.34. The number of carboxylic acid groups (broad SMARTS) is 1. The van der Waals surface area contributed by atoms with Crippen molar-refractivity contribution in [1.29, 1.82) is 0 Å². The lowest BCUT2D eigenvalue weighted by Gasteiger charge is -2.25. The van der Waals surface area contributed by atoms with Crippen molar-refractivity contribution in [2.75, 3.05) is 6.54 Å². The maximum absolute atomic E-state index is 12.8. The normalized spacial score (nSPS) is 14.6. The zero-order valence-corrected chi connectivity index (χ0v) is 19.1. The quantitative estimate of drug-likeness (QED) is 0.104. The molecule has 1 aromatic rings. The van der Waals surface area contributed by atoms with E-state index in [1.54, 1.807) is 0 Å². The van der Waals surface area contributed by atoms with Crippen molar-refractivity contribution in [3.63, 3.8) is 0 Å². The zero-order valence-electron chi connectivity index (χ0n) is 19.1. The summed E-state index contributed by atoms with van der Waals surface area (Å²) in [6, 6.07) is 6.08. The molecule has 0 aliphatic rings. The minimum atomic E-state index is -1.54. The van der Waals surface area contributed by atoms with Crippen LogP contribution in [0.5, 0.6) is 0 Å². The van der Waals surface area contributed by atoms with Crippen LogP contribution in [0, 0.1) is 5.92 Å². The number of nitrogens with one attached hydrogen (secondary N) is 2. The van der Waals surface area contributed by atoms with Gasteiger partial charge in [-0.05, 0) is 37.2 Å². The zero-order chi connectivity index (χ0) is 25.0. The summed E-state index contributed by atoms with van der Waals surface area (Å²) in [5, 5.41) is 24.8. The van der Waals surface area contributed by atoms with Crippen molar-refractivity contribution < 1.29 is 24.6 Å². The van der Waals surface area contributed by atoms with E-state index >= 15 is 0 Å². The summed E-state index contributed by atoms with van der Waals surface area (Å²) in [6.45, 7) is 3.93. The van der Waals surface area contributed by atoms with Crippen molar-refractivity contribution in [2.45, 2.75) is 63.8 Å². The third-order valence-corrected chi connectivity index (χ3v) is 4.89. The van der Waals surface area contributed by atoms with Crippen LogP contribution in [0.15, 0.2) is 35.3 Å². The van der Waals surface area contributed by atoms with Gasteiger partial charge in [0.1, 0.15) is 18.2 Å². The maximum Gasteiger partial charge on any atom is 0.326 e. The summed E-state index contributed by atoms with van der Waals surface area (Å²) in [4.78, 5) is 40.7. The molecule has 0 spiro atoms. The number of carbonyl (C=O) groups is 3. The largest absolute Gasteiger partial charge is 0.480 e. The van der Waals surface area contributed by atoms with E-state index in [1.165, 1.54) is 0 Å². The standard InChI is InChI=1S/C22H36N6O5/c1-13(2)11-17(19(30)27-16(21(32)33)9-6-10-26-22(24)25)28-20(31)18(29)15(23)12-14-7-4-3-5-8-14/h3-5,7-8,13,15-18,29H,6,9-12,23H2,1-2H3,(H,27,30)(H,28,31)(H,32,33)(H4,24,25,26)/t15-,16-,17+,18+/m1/s1. The number of hydrogen-bond donors (Lipinski definition) is 7. The topological polar surface area (TPSA) is 206 Å². The smallest absolute Gasteiger partial charge is 0.326 e. The number of guanidine groups is 1. The number of hydrogen-bond acceptors (Lipinski definition) is 6. The van der Waals surface area contributed by atoms with Crippen molar-refractivity contribution >= 4 is 23.7 Å². The average molecular weight is 465 g/mol. The molecule has 0 aromatic heterocycles. The first kappa shape index (κ1) is 27.9. The number of rotatable bonds is 14. The molecule has 11 heteroatoms. The van der Waals surface area contributed by atoms with Crippen LogP contribution in [0.3, 0.4) is 0 Å². The molecule has 0 saturated carbocycles. The fourth-order valence-electron chi connectivity index (χ4n) is 3.19. The molecule has 0 aliphatic heterocycles. The molecule has 4 atom stereocenters. The van der Waals surface area contributed by atoms with Gasteiger partial charge in [-0.15, -0.1) is 0 Å². The number of aliphatic carboxylic acids is 1. The number of aliphatic hydroxyl groups excluding tert-OH is 1. The molecule has 2 amide bonds. The molecule has 0 radical (unpaired) electrons. The van der Waals surface area contributed by atoms with E-state index in [0.717, 1.165) is 5.56 Å². The number of aliphatic imine (C=N–C) groups is 1. The third-order valence-electron chi connectivity index (χ3n) is 4.89. The SMILES string of the molecule is CC(C)C[C@H](NC(=O)[C@@H](O)[C@H](N)Cc1ccccc1)C(=O)N[C@H](CCCN=C(N)N)C(=O)O. The Morgan fingerprint density at radius 2 is 1.64 bits per heavy atom. The van der Waals surface area contributed by atoms with E-state index in [4.69, 9.17) is 17.2 Å².